The number of hydrogen-bond donors (Lipinski definition) is 1. The Hall–Kier alpha value is -1.80. The molecule has 2 aromatic rings. The highest BCUT2D eigenvalue weighted by atomic mass is 32.1. The predicted octanol–water partition coefficient (Wildman–Crippen LogP) is 4.33. The van der Waals surface area contributed by atoms with Gasteiger partial charge in [-0.3, -0.25) is 0 Å². The number of thiophene rings is 1. The van der Waals surface area contributed by atoms with Crippen LogP contribution >= 0.6 is 11.3 Å². The quantitative estimate of drug-likeness (QED) is 0.795. The smallest absolute Gasteiger partial charge is 0.0369 e. The molecule has 1 aromatic carbocycles. The van der Waals surface area contributed by atoms with Crippen molar-refractivity contribution in [2.45, 2.75) is 6.92 Å². The largest absolute Gasteiger partial charge is 0.404 e. The Morgan fingerprint density at radius 1 is 1.24 bits per heavy atom. The van der Waals surface area contributed by atoms with Crippen LogP contribution in [0.4, 0.5) is 0 Å². The molecular weight excluding hydrogens is 226 g/mol. The Bertz CT molecular complexity index is 555. The third-order valence-electron chi connectivity index (χ3n) is 2.47. The van der Waals surface area contributed by atoms with Gasteiger partial charge in [-0.25, -0.2) is 0 Å². The zero-order valence-electron chi connectivity index (χ0n) is 9.76. The summed E-state index contributed by atoms with van der Waals surface area (Å²) >= 11 is 1.76. The van der Waals surface area contributed by atoms with Crippen LogP contribution in [-0.4, -0.2) is 0 Å². The zero-order chi connectivity index (χ0) is 12.1. The summed E-state index contributed by atoms with van der Waals surface area (Å²) in [5, 5.41) is 1.27. The lowest BCUT2D eigenvalue weighted by Crippen LogP contribution is -1.82. The highest BCUT2D eigenvalue weighted by Gasteiger charge is 2.03. The van der Waals surface area contributed by atoms with E-state index in [0.29, 0.717) is 0 Å². The summed E-state index contributed by atoms with van der Waals surface area (Å²) in [6, 6.07) is 10.6. The van der Waals surface area contributed by atoms with Gasteiger partial charge in [-0.15, -0.1) is 11.3 Å². The Balaban J connectivity index is 2.37. The maximum absolute atomic E-state index is 5.68. The van der Waals surface area contributed by atoms with Crippen molar-refractivity contribution in [2.24, 2.45) is 5.73 Å². The summed E-state index contributed by atoms with van der Waals surface area (Å²) < 4.78 is 1.29. The number of allylic oxidation sites excluding steroid dienone is 5. The van der Waals surface area contributed by atoms with Crippen LogP contribution in [0.15, 0.2) is 60.8 Å². The topological polar surface area (TPSA) is 26.0 Å². The lowest BCUT2D eigenvalue weighted by Gasteiger charge is -1.94. The maximum Gasteiger partial charge on any atom is 0.0369 e. The lowest BCUT2D eigenvalue weighted by molar-refractivity contribution is 1.60. The van der Waals surface area contributed by atoms with Gasteiger partial charge in [-0.05, 0) is 24.4 Å². The van der Waals surface area contributed by atoms with Gasteiger partial charge in [0.05, 0.1) is 0 Å². The van der Waals surface area contributed by atoms with Crippen LogP contribution in [0.25, 0.3) is 15.7 Å². The fraction of sp³-hybridized carbons (Fsp3) is 0.0667. The van der Waals surface area contributed by atoms with E-state index in [1.807, 2.05) is 31.2 Å². The molecule has 0 aliphatic rings. The molecule has 0 aliphatic heterocycles. The van der Waals surface area contributed by atoms with Gasteiger partial charge in [0.25, 0.3) is 0 Å². The second-order valence-corrected chi connectivity index (χ2v) is 4.74. The average molecular weight is 241 g/mol. The first-order valence-corrected chi connectivity index (χ1v) is 6.37. The molecule has 2 N–H and O–H groups in total. The van der Waals surface area contributed by atoms with Gasteiger partial charge in [0.15, 0.2) is 0 Å². The van der Waals surface area contributed by atoms with Crippen molar-refractivity contribution in [3.05, 3.63) is 65.7 Å². The molecule has 0 radical (unpaired) electrons. The van der Waals surface area contributed by atoms with Crippen LogP contribution in [0.3, 0.4) is 0 Å². The van der Waals surface area contributed by atoms with Gasteiger partial charge >= 0.3 is 0 Å². The summed E-state index contributed by atoms with van der Waals surface area (Å²) in [6.07, 6.45) is 9.69. The van der Waals surface area contributed by atoms with E-state index >= 15 is 0 Å². The molecule has 0 saturated heterocycles. The minimum atomic E-state index is 1.06. The van der Waals surface area contributed by atoms with E-state index < -0.39 is 0 Å². The molecule has 2 rings (SSSR count). The van der Waals surface area contributed by atoms with Crippen LogP contribution in [-0.2, 0) is 0 Å². The number of benzene rings is 1. The van der Waals surface area contributed by atoms with Crippen molar-refractivity contribution < 1.29 is 0 Å². The first kappa shape index (κ1) is 11.7. The summed E-state index contributed by atoms with van der Waals surface area (Å²) in [5.41, 5.74) is 6.74. The molecular formula is C15H15NS. The molecule has 2 heteroatoms. The second kappa shape index (κ2) is 5.51. The molecule has 0 bridgehead atoms. The maximum atomic E-state index is 5.68. The Morgan fingerprint density at radius 3 is 2.76 bits per heavy atom. The van der Waals surface area contributed by atoms with Gasteiger partial charge in [0, 0.05) is 21.4 Å². The van der Waals surface area contributed by atoms with E-state index in [1.165, 1.54) is 15.0 Å². The highest BCUT2D eigenvalue weighted by molar-refractivity contribution is 7.20. The average Bonchev–Trinajstić information content (AvgIpc) is 2.78. The van der Waals surface area contributed by atoms with E-state index in [1.54, 1.807) is 17.5 Å². The van der Waals surface area contributed by atoms with Crippen molar-refractivity contribution in [3.8, 4) is 0 Å². The van der Waals surface area contributed by atoms with Crippen molar-refractivity contribution >= 4 is 27.0 Å². The molecule has 0 atom stereocenters. The molecule has 0 spiro atoms. The Morgan fingerprint density at radius 2 is 2.06 bits per heavy atom. The number of fused-ring (bicyclic) bond motifs is 1. The first-order chi connectivity index (χ1) is 8.35. The third kappa shape index (κ3) is 2.66. The fourth-order valence-corrected chi connectivity index (χ4v) is 2.68. The van der Waals surface area contributed by atoms with Crippen LogP contribution in [0.2, 0.25) is 0 Å². The molecule has 0 aliphatic carbocycles. The molecule has 0 unspecified atom stereocenters. The van der Waals surface area contributed by atoms with E-state index in [2.05, 4.69) is 30.3 Å². The van der Waals surface area contributed by atoms with Crippen molar-refractivity contribution in [1.29, 1.82) is 0 Å². The third-order valence-corrected chi connectivity index (χ3v) is 3.63. The van der Waals surface area contributed by atoms with E-state index in [9.17, 15) is 0 Å². The van der Waals surface area contributed by atoms with Gasteiger partial charge in [0.2, 0.25) is 0 Å². The minimum absolute atomic E-state index is 1.06. The molecule has 0 saturated carbocycles. The Labute approximate surface area is 106 Å². The van der Waals surface area contributed by atoms with Gasteiger partial charge in [-0.2, -0.15) is 0 Å². The van der Waals surface area contributed by atoms with Crippen LogP contribution in [0.1, 0.15) is 11.8 Å². The monoisotopic (exact) mass is 241 g/mol. The molecule has 17 heavy (non-hydrogen) atoms. The molecule has 0 fully saturated rings. The van der Waals surface area contributed by atoms with Gasteiger partial charge in [-0.1, -0.05) is 42.5 Å². The first-order valence-electron chi connectivity index (χ1n) is 5.55. The molecule has 0 amide bonds. The lowest BCUT2D eigenvalue weighted by atomic mass is 10.2. The van der Waals surface area contributed by atoms with Crippen molar-refractivity contribution in [3.63, 3.8) is 0 Å². The molecule has 1 aromatic heterocycles. The fourth-order valence-electron chi connectivity index (χ4n) is 1.61. The number of rotatable bonds is 3. The summed E-state index contributed by atoms with van der Waals surface area (Å²) in [5.74, 6) is 0. The minimum Gasteiger partial charge on any atom is -0.404 e. The van der Waals surface area contributed by atoms with Crippen LogP contribution in [0.5, 0.6) is 0 Å². The van der Waals surface area contributed by atoms with Crippen molar-refractivity contribution in [2.75, 3.05) is 0 Å². The van der Waals surface area contributed by atoms with E-state index in [-0.39, 0.29) is 0 Å². The van der Waals surface area contributed by atoms with E-state index in [0.717, 1.165) is 5.57 Å². The second-order valence-electron chi connectivity index (χ2n) is 3.66. The van der Waals surface area contributed by atoms with Crippen LogP contribution in [0, 0.1) is 0 Å². The summed E-state index contributed by atoms with van der Waals surface area (Å²) in [7, 11) is 0. The Kier molecular flexibility index (Phi) is 3.78. The molecule has 1 heterocycles. The molecule has 86 valence electrons. The van der Waals surface area contributed by atoms with Gasteiger partial charge in [0.1, 0.15) is 0 Å². The number of hydrogen-bond acceptors (Lipinski definition) is 2. The normalized spacial score (nSPS) is 13.1. The summed E-state index contributed by atoms with van der Waals surface area (Å²) in [6.45, 7) is 2.00. The highest BCUT2D eigenvalue weighted by Crippen LogP contribution is 2.30. The van der Waals surface area contributed by atoms with E-state index in [4.69, 9.17) is 5.73 Å². The number of nitrogens with two attached hydrogens (primary N) is 1. The summed E-state index contributed by atoms with van der Waals surface area (Å²) in [4.78, 5) is 1.20. The van der Waals surface area contributed by atoms with Gasteiger partial charge < -0.3 is 5.73 Å². The SMILES string of the molecule is C\C=C/C=C\C(=C\N)c1cc2ccccc2s1. The molecule has 1 nitrogen and oxygen atoms in total. The standard InChI is InChI=1S/C15H15NS/c1-2-3-4-8-13(11-16)15-10-12-7-5-6-9-14(12)17-15/h2-11H,16H2,1H3/b3-2-,8-4-,13-11-. The van der Waals surface area contributed by atoms with Crippen molar-refractivity contribution in [1.82, 2.24) is 0 Å². The zero-order valence-corrected chi connectivity index (χ0v) is 10.6. The predicted molar refractivity (Wildman–Crippen MR) is 77.9 cm³/mol. The van der Waals surface area contributed by atoms with Crippen LogP contribution < -0.4 is 5.73 Å².